The first kappa shape index (κ1) is 13.8. The van der Waals surface area contributed by atoms with Crippen LogP contribution in [0, 0.1) is 0 Å². The molecule has 0 saturated heterocycles. The zero-order valence-electron chi connectivity index (χ0n) is 9.53. The van der Waals surface area contributed by atoms with Crippen molar-refractivity contribution >= 4 is 33.0 Å². The van der Waals surface area contributed by atoms with Crippen LogP contribution in [0.4, 0.5) is 0 Å². The largest absolute Gasteiger partial charge is 0.385 e. The van der Waals surface area contributed by atoms with Crippen molar-refractivity contribution in [2.45, 2.75) is 6.42 Å². The number of likely N-dealkylation sites (N-methyl/N-ethyl adjacent to an activating group) is 1. The van der Waals surface area contributed by atoms with E-state index in [0.29, 0.717) is 6.54 Å². The molecule has 0 saturated carbocycles. The third-order valence-corrected chi connectivity index (χ3v) is 4.05. The van der Waals surface area contributed by atoms with Crippen LogP contribution in [0.2, 0.25) is 0 Å². The molecule has 1 aromatic heterocycles. The van der Waals surface area contributed by atoms with Crippen molar-refractivity contribution in [2.24, 2.45) is 0 Å². The summed E-state index contributed by atoms with van der Waals surface area (Å²) in [6, 6.07) is 1.91. The molecule has 0 N–H and O–H groups in total. The number of thiophene rings is 1. The molecule has 0 aromatic carbocycles. The third kappa shape index (κ3) is 4.33. The lowest BCUT2D eigenvalue weighted by Gasteiger charge is -2.14. The number of ether oxygens (including phenoxy) is 1. The Morgan fingerprint density at radius 1 is 1.62 bits per heavy atom. The number of hydrogen-bond donors (Lipinski definition) is 0. The number of carbonyl (C=O) groups excluding carboxylic acids is 1. The average Bonchev–Trinajstić information content (AvgIpc) is 2.65. The van der Waals surface area contributed by atoms with Crippen molar-refractivity contribution in [3.63, 3.8) is 0 Å². The smallest absolute Gasteiger partial charge is 0.187 e. The van der Waals surface area contributed by atoms with E-state index in [-0.39, 0.29) is 5.78 Å². The second-order valence-electron chi connectivity index (χ2n) is 3.60. The van der Waals surface area contributed by atoms with Gasteiger partial charge in [0.1, 0.15) is 0 Å². The first-order valence-corrected chi connectivity index (χ1v) is 6.76. The topological polar surface area (TPSA) is 29.5 Å². The summed E-state index contributed by atoms with van der Waals surface area (Å²) in [5.74, 6) is 0.168. The number of hydrogen-bond acceptors (Lipinski definition) is 4. The maximum Gasteiger partial charge on any atom is 0.187 e. The van der Waals surface area contributed by atoms with E-state index in [0.717, 1.165) is 28.9 Å². The maximum atomic E-state index is 11.9. The quantitative estimate of drug-likeness (QED) is 0.573. The van der Waals surface area contributed by atoms with Gasteiger partial charge in [0.15, 0.2) is 5.78 Å². The minimum absolute atomic E-state index is 0.168. The number of nitrogens with zero attached hydrogens (tertiary/aromatic N) is 1. The average molecular weight is 306 g/mol. The zero-order chi connectivity index (χ0) is 12.0. The predicted octanol–water partition coefficient (Wildman–Crippen LogP) is 2.66. The van der Waals surface area contributed by atoms with Crippen LogP contribution in [0.15, 0.2) is 15.9 Å². The second kappa shape index (κ2) is 7.17. The fraction of sp³-hybridized carbons (Fsp3) is 0.545. The highest BCUT2D eigenvalue weighted by atomic mass is 79.9. The van der Waals surface area contributed by atoms with Crippen molar-refractivity contribution in [1.29, 1.82) is 0 Å². The Morgan fingerprint density at radius 2 is 2.38 bits per heavy atom. The van der Waals surface area contributed by atoms with Crippen molar-refractivity contribution < 1.29 is 9.53 Å². The van der Waals surface area contributed by atoms with Crippen LogP contribution in [-0.2, 0) is 4.74 Å². The van der Waals surface area contributed by atoms with E-state index in [4.69, 9.17) is 4.74 Å². The number of rotatable bonds is 7. The number of methoxy groups -OCH3 is 1. The van der Waals surface area contributed by atoms with Gasteiger partial charge in [-0.1, -0.05) is 0 Å². The highest BCUT2D eigenvalue weighted by Crippen LogP contribution is 2.23. The van der Waals surface area contributed by atoms with E-state index in [1.807, 2.05) is 23.4 Å². The predicted molar refractivity (Wildman–Crippen MR) is 70.3 cm³/mol. The number of halogens is 1. The Bertz CT molecular complexity index is 340. The fourth-order valence-electron chi connectivity index (χ4n) is 1.37. The van der Waals surface area contributed by atoms with Crippen LogP contribution in [-0.4, -0.2) is 44.5 Å². The Kier molecular flexibility index (Phi) is 6.20. The molecule has 0 aliphatic heterocycles. The molecule has 1 rings (SSSR count). The second-order valence-corrected chi connectivity index (χ2v) is 5.38. The normalized spacial score (nSPS) is 11.0. The van der Waals surface area contributed by atoms with Gasteiger partial charge in [0.25, 0.3) is 0 Å². The highest BCUT2D eigenvalue weighted by Gasteiger charge is 2.13. The van der Waals surface area contributed by atoms with Gasteiger partial charge in [-0.15, -0.1) is 11.3 Å². The molecule has 0 amide bonds. The van der Waals surface area contributed by atoms with Gasteiger partial charge in [0.2, 0.25) is 0 Å². The molecular weight excluding hydrogens is 290 g/mol. The summed E-state index contributed by atoms with van der Waals surface area (Å²) in [5.41, 5.74) is 0. The Labute approximate surface area is 109 Å². The van der Waals surface area contributed by atoms with E-state index in [1.54, 1.807) is 7.11 Å². The summed E-state index contributed by atoms with van der Waals surface area (Å²) >= 11 is 4.85. The van der Waals surface area contributed by atoms with Crippen molar-refractivity contribution in [2.75, 3.05) is 33.9 Å². The van der Waals surface area contributed by atoms with Gasteiger partial charge in [-0.2, -0.15) is 0 Å². The summed E-state index contributed by atoms with van der Waals surface area (Å²) < 4.78 is 5.87. The van der Waals surface area contributed by atoms with Crippen LogP contribution in [0.3, 0.4) is 0 Å². The van der Waals surface area contributed by atoms with Gasteiger partial charge < -0.3 is 4.74 Å². The Morgan fingerprint density at radius 3 is 2.94 bits per heavy atom. The summed E-state index contributed by atoms with van der Waals surface area (Å²) in [5, 5.41) is 1.92. The minimum atomic E-state index is 0.168. The highest BCUT2D eigenvalue weighted by molar-refractivity contribution is 9.10. The van der Waals surface area contributed by atoms with Crippen molar-refractivity contribution in [3.05, 3.63) is 20.8 Å². The molecule has 0 bridgehead atoms. The molecule has 3 nitrogen and oxygen atoms in total. The molecule has 0 atom stereocenters. The molecule has 16 heavy (non-hydrogen) atoms. The Balaban J connectivity index is 2.37. The summed E-state index contributed by atoms with van der Waals surface area (Å²) in [6.45, 7) is 2.08. The van der Waals surface area contributed by atoms with Crippen LogP contribution >= 0.6 is 27.3 Å². The monoisotopic (exact) mass is 305 g/mol. The molecular formula is C11H16BrNO2S. The lowest BCUT2D eigenvalue weighted by atomic mass is 10.3. The van der Waals surface area contributed by atoms with Crippen LogP contribution in [0.5, 0.6) is 0 Å². The van der Waals surface area contributed by atoms with Gasteiger partial charge in [0.05, 0.1) is 11.4 Å². The third-order valence-electron chi connectivity index (χ3n) is 2.17. The maximum absolute atomic E-state index is 11.9. The summed E-state index contributed by atoms with van der Waals surface area (Å²) in [6.07, 6.45) is 0.950. The van der Waals surface area contributed by atoms with Gasteiger partial charge in [-0.25, -0.2) is 0 Å². The van der Waals surface area contributed by atoms with E-state index < -0.39 is 0 Å². The van der Waals surface area contributed by atoms with Gasteiger partial charge >= 0.3 is 0 Å². The first-order chi connectivity index (χ1) is 7.65. The summed E-state index contributed by atoms with van der Waals surface area (Å²) in [7, 11) is 3.64. The fourth-order valence-corrected chi connectivity index (χ4v) is 2.89. The van der Waals surface area contributed by atoms with Gasteiger partial charge in [-0.3, -0.25) is 9.69 Å². The van der Waals surface area contributed by atoms with Gasteiger partial charge in [-0.05, 0) is 40.8 Å². The van der Waals surface area contributed by atoms with E-state index >= 15 is 0 Å². The first-order valence-electron chi connectivity index (χ1n) is 5.09. The number of carbonyl (C=O) groups is 1. The lowest BCUT2D eigenvalue weighted by Crippen LogP contribution is -2.27. The molecule has 0 spiro atoms. The van der Waals surface area contributed by atoms with Crippen LogP contribution in [0.25, 0.3) is 0 Å². The standard InChI is InChI=1S/C11H16BrNO2S/c1-13(5-3-6-15-2)8-10(14)11-9(12)4-7-16-11/h4,7H,3,5-6,8H2,1-2H3. The molecule has 5 heteroatoms. The zero-order valence-corrected chi connectivity index (χ0v) is 11.9. The molecule has 0 aliphatic rings. The molecule has 1 heterocycles. The van der Waals surface area contributed by atoms with Crippen LogP contribution in [0.1, 0.15) is 16.1 Å². The van der Waals surface area contributed by atoms with Crippen molar-refractivity contribution in [3.8, 4) is 0 Å². The van der Waals surface area contributed by atoms with E-state index in [1.165, 1.54) is 11.3 Å². The lowest BCUT2D eigenvalue weighted by molar-refractivity contribution is 0.0942. The molecule has 0 fully saturated rings. The van der Waals surface area contributed by atoms with Gasteiger partial charge in [0, 0.05) is 24.7 Å². The Hall–Kier alpha value is -0.230. The summed E-state index contributed by atoms with van der Waals surface area (Å²) in [4.78, 5) is 14.7. The SMILES string of the molecule is COCCCN(C)CC(=O)c1sccc1Br. The van der Waals surface area contributed by atoms with E-state index in [9.17, 15) is 4.79 Å². The molecule has 0 unspecified atom stereocenters. The molecule has 0 radical (unpaired) electrons. The van der Waals surface area contributed by atoms with Crippen LogP contribution < -0.4 is 0 Å². The number of ketones is 1. The van der Waals surface area contributed by atoms with E-state index in [2.05, 4.69) is 15.9 Å². The van der Waals surface area contributed by atoms with Crippen molar-refractivity contribution in [1.82, 2.24) is 4.90 Å². The molecule has 90 valence electrons. The molecule has 1 aromatic rings. The minimum Gasteiger partial charge on any atom is -0.385 e. The number of Topliss-reactive ketones (excluding diaryl/α,β-unsaturated/α-hetero) is 1. The molecule has 0 aliphatic carbocycles.